The summed E-state index contributed by atoms with van der Waals surface area (Å²) in [5.74, 6) is -0.215. The molecule has 1 amide bonds. The molecule has 0 fully saturated rings. The molecule has 1 heterocycles. The lowest BCUT2D eigenvalue weighted by Gasteiger charge is -2.20. The molecule has 0 aliphatic heterocycles. The van der Waals surface area contributed by atoms with Gasteiger partial charge in [0, 0.05) is 19.2 Å². The van der Waals surface area contributed by atoms with Crippen molar-refractivity contribution in [1.82, 2.24) is 20.9 Å². The molecule has 1 aromatic heterocycles. The summed E-state index contributed by atoms with van der Waals surface area (Å²) in [5, 5.41) is 27.6. The summed E-state index contributed by atoms with van der Waals surface area (Å²) in [6, 6.07) is 11.7. The number of nitrogens with zero attached hydrogens (tertiary/aromatic N) is 3. The van der Waals surface area contributed by atoms with Gasteiger partial charge in [-0.25, -0.2) is 4.63 Å². The lowest BCUT2D eigenvalue weighted by Crippen LogP contribution is -2.45. The first-order valence-electron chi connectivity index (χ1n) is 8.78. The van der Waals surface area contributed by atoms with Crippen molar-refractivity contribution >= 4 is 28.3 Å². The zero-order valence-electron chi connectivity index (χ0n) is 15.2. The number of hydrogen-bond acceptors (Lipinski definition) is 8. The lowest BCUT2D eigenvalue weighted by atomic mass is 10.2. The van der Waals surface area contributed by atoms with Crippen molar-refractivity contribution in [2.24, 2.45) is 0 Å². The summed E-state index contributed by atoms with van der Waals surface area (Å²) < 4.78 is 4.66. The minimum atomic E-state index is -0.620. The van der Waals surface area contributed by atoms with Crippen LogP contribution in [0.2, 0.25) is 0 Å². The number of fused-ring (bicyclic) bond motifs is 1. The van der Waals surface area contributed by atoms with Crippen LogP contribution >= 0.6 is 0 Å². The maximum atomic E-state index is 12.7. The van der Waals surface area contributed by atoms with Crippen molar-refractivity contribution in [3.8, 4) is 0 Å². The molecule has 0 aliphatic rings. The standard InChI is InChI=1S/C18H20N6O4/c1-2-19-11-14(18(25)20-10-12-6-4-3-5-7-12)21-13-8-9-15(24(26)27)17-16(13)22-28-23-17/h3-9,14,19,21H,2,10-11H2,1H3,(H,20,25)/t14-/m0/s1. The van der Waals surface area contributed by atoms with Crippen molar-refractivity contribution < 1.29 is 14.3 Å². The highest BCUT2D eigenvalue weighted by Gasteiger charge is 2.23. The van der Waals surface area contributed by atoms with E-state index in [9.17, 15) is 14.9 Å². The normalized spacial score (nSPS) is 11.9. The number of anilines is 1. The molecule has 146 valence electrons. The lowest BCUT2D eigenvalue weighted by molar-refractivity contribution is -0.383. The van der Waals surface area contributed by atoms with E-state index in [0.29, 0.717) is 25.3 Å². The second kappa shape index (κ2) is 8.91. The van der Waals surface area contributed by atoms with Crippen LogP contribution in [-0.4, -0.2) is 40.3 Å². The average molecular weight is 384 g/mol. The van der Waals surface area contributed by atoms with Gasteiger partial charge >= 0.3 is 5.69 Å². The molecule has 0 bridgehead atoms. The van der Waals surface area contributed by atoms with Crippen LogP contribution in [0, 0.1) is 10.1 Å². The van der Waals surface area contributed by atoms with E-state index in [4.69, 9.17) is 0 Å². The number of likely N-dealkylation sites (N-methyl/N-ethyl adjacent to an activating group) is 1. The number of hydrogen-bond donors (Lipinski definition) is 3. The van der Waals surface area contributed by atoms with Gasteiger partial charge in [-0.05, 0) is 28.5 Å². The summed E-state index contributed by atoms with van der Waals surface area (Å²) in [4.78, 5) is 23.3. The van der Waals surface area contributed by atoms with Gasteiger partial charge in [0.1, 0.15) is 6.04 Å². The summed E-state index contributed by atoms with van der Waals surface area (Å²) in [7, 11) is 0. The van der Waals surface area contributed by atoms with Crippen LogP contribution in [-0.2, 0) is 11.3 Å². The number of carbonyl (C=O) groups is 1. The number of nitrogens with one attached hydrogen (secondary N) is 3. The number of aromatic nitrogens is 2. The van der Waals surface area contributed by atoms with Crippen molar-refractivity contribution in [2.45, 2.75) is 19.5 Å². The van der Waals surface area contributed by atoms with Crippen LogP contribution in [0.3, 0.4) is 0 Å². The van der Waals surface area contributed by atoms with Gasteiger partial charge in [0.05, 0.1) is 10.6 Å². The Bertz CT molecular complexity index is 959. The molecule has 3 N–H and O–H groups in total. The van der Waals surface area contributed by atoms with Gasteiger partial charge in [0.2, 0.25) is 11.4 Å². The maximum Gasteiger partial charge on any atom is 0.300 e. The average Bonchev–Trinajstić information content (AvgIpc) is 3.20. The van der Waals surface area contributed by atoms with Crippen molar-refractivity contribution in [1.29, 1.82) is 0 Å². The first kappa shape index (κ1) is 19.2. The SMILES string of the molecule is CCNC[C@H](Nc1ccc([N+](=O)[O-])c2nonc12)C(=O)NCc1ccccc1. The molecule has 2 aromatic carbocycles. The highest BCUT2D eigenvalue weighted by atomic mass is 16.6. The maximum absolute atomic E-state index is 12.7. The Labute approximate surface area is 160 Å². The van der Waals surface area contributed by atoms with E-state index in [-0.39, 0.29) is 22.6 Å². The fourth-order valence-electron chi connectivity index (χ4n) is 2.71. The molecule has 0 saturated heterocycles. The molecule has 0 saturated carbocycles. The number of amides is 1. The zero-order valence-corrected chi connectivity index (χ0v) is 15.2. The smallest absolute Gasteiger partial charge is 0.300 e. The summed E-state index contributed by atoms with van der Waals surface area (Å²) in [6.07, 6.45) is 0. The summed E-state index contributed by atoms with van der Waals surface area (Å²) in [5.41, 5.74) is 1.43. The molecular formula is C18H20N6O4. The molecule has 1 atom stereocenters. The third kappa shape index (κ3) is 4.41. The van der Waals surface area contributed by atoms with Gasteiger partial charge < -0.3 is 16.0 Å². The number of carbonyl (C=O) groups excluding carboxylic acids is 1. The largest absolute Gasteiger partial charge is 0.371 e. The van der Waals surface area contributed by atoms with Gasteiger partial charge in [0.25, 0.3) is 0 Å². The molecule has 10 heteroatoms. The first-order valence-corrected chi connectivity index (χ1v) is 8.78. The van der Waals surface area contributed by atoms with E-state index < -0.39 is 11.0 Å². The fraction of sp³-hybridized carbons (Fsp3) is 0.278. The van der Waals surface area contributed by atoms with Gasteiger partial charge in [0.15, 0.2) is 5.52 Å². The highest BCUT2D eigenvalue weighted by molar-refractivity contribution is 5.95. The Balaban J connectivity index is 1.78. The van der Waals surface area contributed by atoms with Crippen molar-refractivity contribution in [2.75, 3.05) is 18.4 Å². The van der Waals surface area contributed by atoms with Crippen molar-refractivity contribution in [3.05, 3.63) is 58.1 Å². The molecular weight excluding hydrogens is 364 g/mol. The Morgan fingerprint density at radius 2 is 1.93 bits per heavy atom. The molecule has 3 rings (SSSR count). The number of rotatable bonds is 9. The molecule has 0 aliphatic carbocycles. The molecule has 0 unspecified atom stereocenters. The van der Waals surface area contributed by atoms with E-state index in [1.807, 2.05) is 37.3 Å². The fourth-order valence-corrected chi connectivity index (χ4v) is 2.71. The third-order valence-corrected chi connectivity index (χ3v) is 4.15. The minimum Gasteiger partial charge on any atom is -0.371 e. The molecule has 3 aromatic rings. The van der Waals surface area contributed by atoms with Crippen LogP contribution < -0.4 is 16.0 Å². The topological polar surface area (TPSA) is 135 Å². The minimum absolute atomic E-state index is 0.0295. The van der Waals surface area contributed by atoms with Crippen LogP contribution in [0.1, 0.15) is 12.5 Å². The van der Waals surface area contributed by atoms with E-state index in [0.717, 1.165) is 5.56 Å². The van der Waals surface area contributed by atoms with Gasteiger partial charge in [-0.1, -0.05) is 37.3 Å². The molecule has 28 heavy (non-hydrogen) atoms. The van der Waals surface area contributed by atoms with Crippen molar-refractivity contribution in [3.63, 3.8) is 0 Å². The monoisotopic (exact) mass is 384 g/mol. The summed E-state index contributed by atoms with van der Waals surface area (Å²) >= 11 is 0. The Hall–Kier alpha value is -3.53. The van der Waals surface area contributed by atoms with E-state index >= 15 is 0 Å². The second-order valence-electron chi connectivity index (χ2n) is 6.06. The Kier molecular flexibility index (Phi) is 6.12. The van der Waals surface area contributed by atoms with Crippen LogP contribution in [0.25, 0.3) is 11.0 Å². The molecule has 10 nitrogen and oxygen atoms in total. The van der Waals surface area contributed by atoms with Crippen LogP contribution in [0.4, 0.5) is 11.4 Å². The highest BCUT2D eigenvalue weighted by Crippen LogP contribution is 2.29. The van der Waals surface area contributed by atoms with Crippen LogP contribution in [0.15, 0.2) is 47.1 Å². The first-order chi connectivity index (χ1) is 13.6. The number of benzene rings is 2. The van der Waals surface area contributed by atoms with E-state index in [1.54, 1.807) is 0 Å². The predicted molar refractivity (Wildman–Crippen MR) is 103 cm³/mol. The zero-order chi connectivity index (χ0) is 19.9. The third-order valence-electron chi connectivity index (χ3n) is 4.15. The van der Waals surface area contributed by atoms with Crippen LogP contribution in [0.5, 0.6) is 0 Å². The van der Waals surface area contributed by atoms with Gasteiger partial charge in [-0.2, -0.15) is 0 Å². The van der Waals surface area contributed by atoms with Gasteiger partial charge in [-0.15, -0.1) is 0 Å². The number of non-ortho nitro benzene ring substituents is 1. The Morgan fingerprint density at radius 3 is 2.64 bits per heavy atom. The second-order valence-corrected chi connectivity index (χ2v) is 6.06. The molecule has 0 radical (unpaired) electrons. The predicted octanol–water partition coefficient (Wildman–Crippen LogP) is 1.84. The molecule has 0 spiro atoms. The quantitative estimate of drug-likeness (QED) is 0.376. The van der Waals surface area contributed by atoms with Gasteiger partial charge in [-0.3, -0.25) is 14.9 Å². The summed E-state index contributed by atoms with van der Waals surface area (Å²) in [6.45, 7) is 3.38. The Morgan fingerprint density at radius 1 is 1.18 bits per heavy atom. The number of nitro groups is 1. The number of nitro benzene ring substituents is 1. The van der Waals surface area contributed by atoms with E-state index in [2.05, 4.69) is 30.9 Å². The van der Waals surface area contributed by atoms with E-state index in [1.165, 1.54) is 12.1 Å².